The summed E-state index contributed by atoms with van der Waals surface area (Å²) in [6, 6.07) is 9.77. The average molecular weight is 264 g/mol. The van der Waals surface area contributed by atoms with Crippen molar-refractivity contribution in [3.63, 3.8) is 0 Å². The SMILES string of the molecule is CC.CCC(C)(C)C(C)C(=O)OCc1ccccc1. The zero-order chi connectivity index (χ0) is 14.9. The second kappa shape index (κ2) is 8.73. The normalized spacial score (nSPS) is 12.1. The van der Waals surface area contributed by atoms with Crippen LogP contribution in [0.2, 0.25) is 0 Å². The number of carbonyl (C=O) groups excluding carboxylic acids is 1. The van der Waals surface area contributed by atoms with Gasteiger partial charge in [0, 0.05) is 0 Å². The Hall–Kier alpha value is -1.31. The molecule has 0 amide bonds. The maximum atomic E-state index is 11.9. The minimum absolute atomic E-state index is 0.00618. The molecule has 0 saturated carbocycles. The Labute approximate surface area is 118 Å². The van der Waals surface area contributed by atoms with E-state index in [9.17, 15) is 4.79 Å². The van der Waals surface area contributed by atoms with E-state index in [1.54, 1.807) is 0 Å². The number of esters is 1. The molecule has 1 aromatic carbocycles. The van der Waals surface area contributed by atoms with Gasteiger partial charge in [0.05, 0.1) is 5.92 Å². The highest BCUT2D eigenvalue weighted by molar-refractivity contribution is 5.72. The second-order valence-electron chi connectivity index (χ2n) is 5.16. The van der Waals surface area contributed by atoms with Gasteiger partial charge < -0.3 is 4.74 Å². The highest BCUT2D eigenvalue weighted by Crippen LogP contribution is 2.31. The van der Waals surface area contributed by atoms with Crippen molar-refractivity contribution in [3.8, 4) is 0 Å². The maximum Gasteiger partial charge on any atom is 0.309 e. The van der Waals surface area contributed by atoms with E-state index in [4.69, 9.17) is 4.74 Å². The van der Waals surface area contributed by atoms with E-state index in [2.05, 4.69) is 20.8 Å². The van der Waals surface area contributed by atoms with Crippen molar-refractivity contribution < 1.29 is 9.53 Å². The first-order valence-corrected chi connectivity index (χ1v) is 7.18. The minimum Gasteiger partial charge on any atom is -0.461 e. The molecule has 0 radical (unpaired) electrons. The molecule has 0 aliphatic rings. The molecule has 0 saturated heterocycles. The number of carbonyl (C=O) groups is 1. The van der Waals surface area contributed by atoms with Crippen LogP contribution in [0.4, 0.5) is 0 Å². The van der Waals surface area contributed by atoms with E-state index < -0.39 is 0 Å². The summed E-state index contributed by atoms with van der Waals surface area (Å²) in [5, 5.41) is 0. The molecule has 1 unspecified atom stereocenters. The van der Waals surface area contributed by atoms with Crippen LogP contribution < -0.4 is 0 Å². The van der Waals surface area contributed by atoms with Gasteiger partial charge in [-0.05, 0) is 11.0 Å². The summed E-state index contributed by atoms with van der Waals surface area (Å²) < 4.78 is 5.34. The Morgan fingerprint density at radius 2 is 1.74 bits per heavy atom. The molecule has 0 bridgehead atoms. The second-order valence-corrected chi connectivity index (χ2v) is 5.16. The molecule has 0 fully saturated rings. The number of hydrogen-bond acceptors (Lipinski definition) is 2. The summed E-state index contributed by atoms with van der Waals surface area (Å²) in [4.78, 5) is 11.9. The van der Waals surface area contributed by atoms with Gasteiger partial charge in [-0.25, -0.2) is 0 Å². The lowest BCUT2D eigenvalue weighted by molar-refractivity contribution is -0.153. The van der Waals surface area contributed by atoms with Crippen molar-refractivity contribution in [3.05, 3.63) is 35.9 Å². The summed E-state index contributed by atoms with van der Waals surface area (Å²) in [6.45, 7) is 12.6. The van der Waals surface area contributed by atoms with Crippen LogP contribution in [0.25, 0.3) is 0 Å². The largest absolute Gasteiger partial charge is 0.461 e. The van der Waals surface area contributed by atoms with Crippen LogP contribution in [0.3, 0.4) is 0 Å². The summed E-state index contributed by atoms with van der Waals surface area (Å²) in [5.74, 6) is -0.183. The van der Waals surface area contributed by atoms with Crippen molar-refractivity contribution >= 4 is 5.97 Å². The van der Waals surface area contributed by atoms with Crippen LogP contribution in [-0.2, 0) is 16.1 Å². The molecule has 19 heavy (non-hydrogen) atoms. The molecule has 108 valence electrons. The lowest BCUT2D eigenvalue weighted by atomic mass is 9.78. The maximum absolute atomic E-state index is 11.9. The minimum atomic E-state index is -0.110. The molecule has 1 atom stereocenters. The fourth-order valence-electron chi connectivity index (χ4n) is 1.48. The van der Waals surface area contributed by atoms with Gasteiger partial charge >= 0.3 is 5.97 Å². The summed E-state index contributed by atoms with van der Waals surface area (Å²) in [5.41, 5.74) is 1.02. The van der Waals surface area contributed by atoms with Crippen LogP contribution >= 0.6 is 0 Å². The van der Waals surface area contributed by atoms with E-state index in [-0.39, 0.29) is 17.3 Å². The third-order valence-corrected chi connectivity index (χ3v) is 3.66. The van der Waals surface area contributed by atoms with Gasteiger partial charge in [0.1, 0.15) is 6.61 Å². The molecule has 1 rings (SSSR count). The zero-order valence-electron chi connectivity index (χ0n) is 13.2. The van der Waals surface area contributed by atoms with Gasteiger partial charge in [0.25, 0.3) is 0 Å². The molecule has 0 heterocycles. The van der Waals surface area contributed by atoms with Gasteiger partial charge in [-0.15, -0.1) is 0 Å². The average Bonchev–Trinajstić information content (AvgIpc) is 2.47. The van der Waals surface area contributed by atoms with Crippen molar-refractivity contribution in [2.75, 3.05) is 0 Å². The van der Waals surface area contributed by atoms with Gasteiger partial charge in [-0.3, -0.25) is 4.79 Å². The third kappa shape index (κ3) is 5.91. The third-order valence-electron chi connectivity index (χ3n) is 3.66. The molecule has 0 aromatic heterocycles. The van der Waals surface area contributed by atoms with Gasteiger partial charge in [0.15, 0.2) is 0 Å². The smallest absolute Gasteiger partial charge is 0.309 e. The molecular formula is C17H28O2. The molecule has 0 aliphatic heterocycles. The van der Waals surface area contributed by atoms with Crippen LogP contribution in [0.1, 0.15) is 53.5 Å². The summed E-state index contributed by atoms with van der Waals surface area (Å²) in [6.07, 6.45) is 0.967. The van der Waals surface area contributed by atoms with Crippen LogP contribution in [0.5, 0.6) is 0 Å². The molecule has 2 heteroatoms. The van der Waals surface area contributed by atoms with Gasteiger partial charge in [0.2, 0.25) is 0 Å². The monoisotopic (exact) mass is 264 g/mol. The summed E-state index contributed by atoms with van der Waals surface area (Å²) >= 11 is 0. The van der Waals surface area contributed by atoms with E-state index in [1.165, 1.54) is 0 Å². The summed E-state index contributed by atoms with van der Waals surface area (Å²) in [7, 11) is 0. The number of ether oxygens (including phenoxy) is 1. The predicted molar refractivity (Wildman–Crippen MR) is 80.8 cm³/mol. The fourth-order valence-corrected chi connectivity index (χ4v) is 1.48. The van der Waals surface area contributed by atoms with Gasteiger partial charge in [-0.1, -0.05) is 78.3 Å². The highest BCUT2D eigenvalue weighted by Gasteiger charge is 2.30. The van der Waals surface area contributed by atoms with E-state index in [0.717, 1.165) is 12.0 Å². The first kappa shape index (κ1) is 17.7. The Kier molecular flexibility index (Phi) is 8.13. The van der Waals surface area contributed by atoms with Crippen molar-refractivity contribution in [1.82, 2.24) is 0 Å². The highest BCUT2D eigenvalue weighted by atomic mass is 16.5. The lowest BCUT2D eigenvalue weighted by Crippen LogP contribution is -2.29. The standard InChI is InChI=1S/C15H22O2.C2H6/c1-5-15(3,4)12(2)14(16)17-11-13-9-7-6-8-10-13;1-2/h6-10,12H,5,11H2,1-4H3;1-2H3. The van der Waals surface area contributed by atoms with E-state index in [0.29, 0.717) is 6.61 Å². The van der Waals surface area contributed by atoms with Crippen molar-refractivity contribution in [1.29, 1.82) is 0 Å². The number of hydrogen-bond donors (Lipinski definition) is 0. The first-order chi connectivity index (χ1) is 8.97. The van der Waals surface area contributed by atoms with E-state index in [1.807, 2.05) is 51.1 Å². The van der Waals surface area contributed by atoms with Crippen molar-refractivity contribution in [2.24, 2.45) is 11.3 Å². The molecule has 2 nitrogen and oxygen atoms in total. The number of benzene rings is 1. The zero-order valence-corrected chi connectivity index (χ0v) is 13.2. The van der Waals surface area contributed by atoms with Gasteiger partial charge in [-0.2, -0.15) is 0 Å². The van der Waals surface area contributed by atoms with Crippen LogP contribution in [-0.4, -0.2) is 5.97 Å². The topological polar surface area (TPSA) is 26.3 Å². The molecule has 1 aromatic rings. The Morgan fingerprint density at radius 1 is 1.21 bits per heavy atom. The lowest BCUT2D eigenvalue weighted by Gasteiger charge is -2.28. The molecule has 0 aliphatic carbocycles. The molecule has 0 N–H and O–H groups in total. The quantitative estimate of drug-likeness (QED) is 0.712. The Balaban J connectivity index is 0.00000154. The fraction of sp³-hybridized carbons (Fsp3) is 0.588. The van der Waals surface area contributed by atoms with E-state index >= 15 is 0 Å². The molecule has 0 spiro atoms. The molecular weight excluding hydrogens is 236 g/mol. The van der Waals surface area contributed by atoms with Crippen LogP contribution in [0, 0.1) is 11.3 Å². The predicted octanol–water partition coefficient (Wildman–Crippen LogP) is 4.83. The number of rotatable bonds is 5. The Bertz CT molecular complexity index is 355. The van der Waals surface area contributed by atoms with Crippen LogP contribution in [0.15, 0.2) is 30.3 Å². The Morgan fingerprint density at radius 3 is 2.21 bits per heavy atom. The first-order valence-electron chi connectivity index (χ1n) is 7.18. The van der Waals surface area contributed by atoms with Crippen molar-refractivity contribution in [2.45, 2.75) is 54.6 Å².